The number of ether oxygens (including phenoxy) is 2. The molecule has 0 radical (unpaired) electrons. The summed E-state index contributed by atoms with van der Waals surface area (Å²) in [5.74, 6) is 0.503. The van der Waals surface area contributed by atoms with Crippen molar-refractivity contribution in [2.24, 2.45) is 0 Å². The minimum atomic E-state index is 0.503. The Kier molecular flexibility index (Phi) is 9.93. The molecule has 0 aromatic heterocycles. The Morgan fingerprint density at radius 1 is 1.25 bits per heavy atom. The summed E-state index contributed by atoms with van der Waals surface area (Å²) in [5, 5.41) is 3.47. The number of nitrogens with one attached hydrogen (secondary N) is 1. The summed E-state index contributed by atoms with van der Waals surface area (Å²) in [5.41, 5.74) is 1.37. The Balaban J connectivity index is 2.52. The lowest BCUT2D eigenvalue weighted by atomic mass is 9.94. The second-order valence-electron chi connectivity index (χ2n) is 4.75. The maximum Gasteiger partial charge on any atom is 0.0587 e. The van der Waals surface area contributed by atoms with Crippen LogP contribution in [0.25, 0.3) is 0 Å². The molecule has 0 amide bonds. The largest absolute Gasteiger partial charge is 0.383 e. The zero-order valence-electron chi connectivity index (χ0n) is 12.5. The third-order valence-electron chi connectivity index (χ3n) is 3.26. The van der Waals surface area contributed by atoms with Crippen LogP contribution in [0, 0.1) is 0 Å². The summed E-state index contributed by atoms with van der Waals surface area (Å²) in [6.45, 7) is 6.29. The number of hydrogen-bond acceptors (Lipinski definition) is 3. The van der Waals surface area contributed by atoms with E-state index in [9.17, 15) is 0 Å². The van der Waals surface area contributed by atoms with Gasteiger partial charge in [-0.3, -0.25) is 0 Å². The zero-order valence-corrected chi connectivity index (χ0v) is 14.1. The monoisotopic (exact) mass is 343 g/mol. The highest BCUT2D eigenvalue weighted by Crippen LogP contribution is 2.27. The molecular formula is C16H26BrNO2. The second-order valence-corrected chi connectivity index (χ2v) is 5.61. The van der Waals surface area contributed by atoms with Crippen LogP contribution < -0.4 is 5.32 Å². The molecule has 1 N–H and O–H groups in total. The minimum absolute atomic E-state index is 0.503. The molecule has 0 bridgehead atoms. The van der Waals surface area contributed by atoms with Crippen LogP contribution in [-0.4, -0.2) is 40.0 Å². The summed E-state index contributed by atoms with van der Waals surface area (Å²) < 4.78 is 11.7. The Bertz CT molecular complexity index is 348. The van der Waals surface area contributed by atoms with Crippen molar-refractivity contribution in [3.05, 3.63) is 34.3 Å². The lowest BCUT2D eigenvalue weighted by Crippen LogP contribution is -2.25. The van der Waals surface area contributed by atoms with Crippen LogP contribution in [-0.2, 0) is 9.47 Å². The average molecular weight is 344 g/mol. The van der Waals surface area contributed by atoms with E-state index in [0.29, 0.717) is 5.92 Å². The van der Waals surface area contributed by atoms with Gasteiger partial charge in [0.25, 0.3) is 0 Å². The van der Waals surface area contributed by atoms with Crippen molar-refractivity contribution < 1.29 is 9.47 Å². The molecule has 0 spiro atoms. The smallest absolute Gasteiger partial charge is 0.0587 e. The first-order valence-electron chi connectivity index (χ1n) is 7.31. The third kappa shape index (κ3) is 6.84. The fourth-order valence-electron chi connectivity index (χ4n) is 2.20. The van der Waals surface area contributed by atoms with Gasteiger partial charge in [0.2, 0.25) is 0 Å². The first-order valence-corrected chi connectivity index (χ1v) is 8.10. The van der Waals surface area contributed by atoms with Gasteiger partial charge in [-0.15, -0.1) is 0 Å². The molecule has 0 heterocycles. The van der Waals surface area contributed by atoms with Gasteiger partial charge < -0.3 is 14.8 Å². The van der Waals surface area contributed by atoms with Crippen LogP contribution in [0.5, 0.6) is 0 Å². The van der Waals surface area contributed by atoms with E-state index in [0.717, 1.165) is 45.8 Å². The van der Waals surface area contributed by atoms with Gasteiger partial charge in [0.05, 0.1) is 6.61 Å². The molecule has 0 aliphatic heterocycles. The van der Waals surface area contributed by atoms with Crippen molar-refractivity contribution in [2.45, 2.75) is 25.7 Å². The van der Waals surface area contributed by atoms with Crippen molar-refractivity contribution in [3.63, 3.8) is 0 Å². The number of benzene rings is 1. The normalized spacial score (nSPS) is 12.6. The first kappa shape index (κ1) is 17.6. The molecule has 1 unspecified atom stereocenters. The molecule has 0 fully saturated rings. The summed E-state index contributed by atoms with van der Waals surface area (Å²) in [6, 6.07) is 8.47. The Hall–Kier alpha value is -0.420. The maximum absolute atomic E-state index is 5.44. The predicted octanol–water partition coefficient (Wildman–Crippen LogP) is 3.59. The van der Waals surface area contributed by atoms with E-state index in [1.54, 1.807) is 7.11 Å². The van der Waals surface area contributed by atoms with Crippen LogP contribution in [0.15, 0.2) is 28.7 Å². The van der Waals surface area contributed by atoms with E-state index in [1.165, 1.54) is 10.0 Å². The summed E-state index contributed by atoms with van der Waals surface area (Å²) in [7, 11) is 1.73. The summed E-state index contributed by atoms with van der Waals surface area (Å²) >= 11 is 3.66. The topological polar surface area (TPSA) is 30.5 Å². The Morgan fingerprint density at radius 2 is 2.05 bits per heavy atom. The van der Waals surface area contributed by atoms with Gasteiger partial charge in [-0.05, 0) is 37.3 Å². The molecule has 1 aromatic carbocycles. The van der Waals surface area contributed by atoms with E-state index < -0.39 is 0 Å². The third-order valence-corrected chi connectivity index (χ3v) is 3.99. The van der Waals surface area contributed by atoms with Crippen LogP contribution in [0.4, 0.5) is 0 Å². The molecule has 1 rings (SSSR count). The number of hydrogen-bond donors (Lipinski definition) is 1. The number of halogens is 1. The Morgan fingerprint density at radius 3 is 2.75 bits per heavy atom. The average Bonchev–Trinajstić information content (AvgIpc) is 2.46. The van der Waals surface area contributed by atoms with Gasteiger partial charge in [0, 0.05) is 37.9 Å². The first-order chi connectivity index (χ1) is 9.79. The number of methoxy groups -OCH3 is 1. The predicted molar refractivity (Wildman–Crippen MR) is 87.4 cm³/mol. The quantitative estimate of drug-likeness (QED) is 0.623. The van der Waals surface area contributed by atoms with Crippen molar-refractivity contribution in [1.82, 2.24) is 5.32 Å². The van der Waals surface area contributed by atoms with E-state index in [2.05, 4.69) is 45.5 Å². The highest BCUT2D eigenvalue weighted by molar-refractivity contribution is 9.10. The minimum Gasteiger partial charge on any atom is -0.383 e. The molecule has 0 aliphatic carbocycles. The standard InChI is InChI=1S/C16H26BrNO2/c1-3-20-11-6-7-14(13-18-10-12-19-2)15-8-4-5-9-16(15)17/h4-5,8-9,14,18H,3,6-7,10-13H2,1-2H3. The molecule has 0 saturated heterocycles. The molecule has 20 heavy (non-hydrogen) atoms. The summed E-state index contributed by atoms with van der Waals surface area (Å²) in [6.07, 6.45) is 2.22. The molecule has 114 valence electrons. The van der Waals surface area contributed by atoms with E-state index >= 15 is 0 Å². The molecule has 0 aliphatic rings. The van der Waals surface area contributed by atoms with Crippen LogP contribution >= 0.6 is 15.9 Å². The van der Waals surface area contributed by atoms with E-state index in [-0.39, 0.29) is 0 Å². The zero-order chi connectivity index (χ0) is 14.6. The fourth-order valence-corrected chi connectivity index (χ4v) is 2.81. The highest BCUT2D eigenvalue weighted by Gasteiger charge is 2.13. The molecule has 3 nitrogen and oxygen atoms in total. The fraction of sp³-hybridized carbons (Fsp3) is 0.625. The van der Waals surface area contributed by atoms with Crippen LogP contribution in [0.2, 0.25) is 0 Å². The van der Waals surface area contributed by atoms with Crippen LogP contribution in [0.1, 0.15) is 31.2 Å². The summed E-state index contributed by atoms with van der Waals surface area (Å²) in [4.78, 5) is 0. The Labute approximate surface area is 131 Å². The van der Waals surface area contributed by atoms with Gasteiger partial charge in [-0.2, -0.15) is 0 Å². The van der Waals surface area contributed by atoms with Gasteiger partial charge in [-0.1, -0.05) is 34.1 Å². The SMILES string of the molecule is CCOCCCC(CNCCOC)c1ccccc1Br. The lowest BCUT2D eigenvalue weighted by molar-refractivity contribution is 0.141. The lowest BCUT2D eigenvalue weighted by Gasteiger charge is -2.19. The second kappa shape index (κ2) is 11.3. The van der Waals surface area contributed by atoms with Crippen molar-refractivity contribution >= 4 is 15.9 Å². The van der Waals surface area contributed by atoms with E-state index in [4.69, 9.17) is 9.47 Å². The van der Waals surface area contributed by atoms with E-state index in [1.807, 2.05) is 6.92 Å². The van der Waals surface area contributed by atoms with Crippen LogP contribution in [0.3, 0.4) is 0 Å². The van der Waals surface area contributed by atoms with Gasteiger partial charge in [-0.25, -0.2) is 0 Å². The van der Waals surface area contributed by atoms with Gasteiger partial charge in [0.1, 0.15) is 0 Å². The highest BCUT2D eigenvalue weighted by atomic mass is 79.9. The van der Waals surface area contributed by atoms with Crippen molar-refractivity contribution in [2.75, 3.05) is 40.0 Å². The number of rotatable bonds is 11. The molecular weight excluding hydrogens is 318 g/mol. The van der Waals surface area contributed by atoms with Gasteiger partial charge in [0.15, 0.2) is 0 Å². The molecule has 0 saturated carbocycles. The maximum atomic E-state index is 5.44. The molecule has 4 heteroatoms. The van der Waals surface area contributed by atoms with Gasteiger partial charge >= 0.3 is 0 Å². The molecule has 1 aromatic rings. The van der Waals surface area contributed by atoms with Crippen molar-refractivity contribution in [1.29, 1.82) is 0 Å². The van der Waals surface area contributed by atoms with Crippen molar-refractivity contribution in [3.8, 4) is 0 Å². The molecule has 1 atom stereocenters.